The molecule has 0 saturated heterocycles. The number of benzene rings is 2. The molecule has 1 amide bonds. The number of amides is 1. The monoisotopic (exact) mass is 376 g/mol. The predicted molar refractivity (Wildman–Crippen MR) is 82.9 cm³/mol. The van der Waals surface area contributed by atoms with Crippen LogP contribution in [0.3, 0.4) is 0 Å². The van der Waals surface area contributed by atoms with Gasteiger partial charge in [0.25, 0.3) is 5.91 Å². The van der Waals surface area contributed by atoms with Crippen molar-refractivity contribution in [1.29, 1.82) is 0 Å². The maximum absolute atomic E-state index is 13.3. The standard InChI is InChI=1S/C13H8BrCl2FN2O/c14-6-1-2-11(18)8(3-6)13(20)19-7-4-9(15)12(17)10(16)5-7/h1-5H,18H2,(H,19,20). The quantitative estimate of drug-likeness (QED) is 0.587. The van der Waals surface area contributed by atoms with Crippen LogP contribution in [0.2, 0.25) is 10.0 Å². The van der Waals surface area contributed by atoms with E-state index in [1.165, 1.54) is 12.1 Å². The zero-order chi connectivity index (χ0) is 14.9. The Morgan fingerprint density at radius 1 is 1.20 bits per heavy atom. The Labute approximate surface area is 133 Å². The number of hydrogen-bond acceptors (Lipinski definition) is 2. The van der Waals surface area contributed by atoms with Crippen molar-refractivity contribution in [1.82, 2.24) is 0 Å². The highest BCUT2D eigenvalue weighted by atomic mass is 79.9. The third kappa shape index (κ3) is 3.23. The van der Waals surface area contributed by atoms with Crippen LogP contribution >= 0.6 is 39.1 Å². The molecule has 0 radical (unpaired) electrons. The van der Waals surface area contributed by atoms with Gasteiger partial charge in [0.15, 0.2) is 5.82 Å². The number of nitrogen functional groups attached to an aromatic ring is 1. The van der Waals surface area contributed by atoms with Crippen molar-refractivity contribution >= 4 is 56.4 Å². The fourth-order valence-corrected chi connectivity index (χ4v) is 2.40. The molecule has 0 fully saturated rings. The Bertz CT molecular complexity index is 671. The zero-order valence-electron chi connectivity index (χ0n) is 9.88. The zero-order valence-corrected chi connectivity index (χ0v) is 13.0. The smallest absolute Gasteiger partial charge is 0.257 e. The van der Waals surface area contributed by atoms with Gasteiger partial charge in [-0.15, -0.1) is 0 Å². The van der Waals surface area contributed by atoms with Gasteiger partial charge in [-0.1, -0.05) is 39.1 Å². The first-order chi connectivity index (χ1) is 9.38. The van der Waals surface area contributed by atoms with Crippen molar-refractivity contribution < 1.29 is 9.18 Å². The van der Waals surface area contributed by atoms with Gasteiger partial charge in [-0.2, -0.15) is 0 Å². The molecule has 0 aliphatic rings. The van der Waals surface area contributed by atoms with Crippen LogP contribution in [0.1, 0.15) is 10.4 Å². The molecule has 0 aliphatic heterocycles. The van der Waals surface area contributed by atoms with Crippen LogP contribution in [-0.2, 0) is 0 Å². The van der Waals surface area contributed by atoms with Crippen LogP contribution in [0.25, 0.3) is 0 Å². The summed E-state index contributed by atoms with van der Waals surface area (Å²) in [5, 5.41) is 2.22. The maximum atomic E-state index is 13.3. The Balaban J connectivity index is 2.30. The van der Waals surface area contributed by atoms with Crippen LogP contribution < -0.4 is 11.1 Å². The van der Waals surface area contributed by atoms with E-state index in [1.807, 2.05) is 0 Å². The van der Waals surface area contributed by atoms with E-state index >= 15 is 0 Å². The normalized spacial score (nSPS) is 10.4. The van der Waals surface area contributed by atoms with Gasteiger partial charge in [-0.05, 0) is 30.3 Å². The molecule has 2 rings (SSSR count). The molecule has 20 heavy (non-hydrogen) atoms. The van der Waals surface area contributed by atoms with Crippen LogP contribution in [0.5, 0.6) is 0 Å². The number of rotatable bonds is 2. The molecule has 3 N–H and O–H groups in total. The second-order valence-electron chi connectivity index (χ2n) is 3.94. The predicted octanol–water partition coefficient (Wildman–Crippen LogP) is 4.73. The van der Waals surface area contributed by atoms with E-state index < -0.39 is 11.7 Å². The summed E-state index contributed by atoms with van der Waals surface area (Å²) in [6.45, 7) is 0. The fourth-order valence-electron chi connectivity index (χ4n) is 1.55. The molecule has 7 heteroatoms. The molecule has 2 aromatic carbocycles. The molecule has 0 unspecified atom stereocenters. The van der Waals surface area contributed by atoms with Crippen molar-refractivity contribution in [3.63, 3.8) is 0 Å². The SMILES string of the molecule is Nc1ccc(Br)cc1C(=O)Nc1cc(Cl)c(F)c(Cl)c1. The molecular weight excluding hydrogens is 370 g/mol. The number of nitrogens with one attached hydrogen (secondary N) is 1. The van der Waals surface area contributed by atoms with E-state index in [0.717, 1.165) is 0 Å². The van der Waals surface area contributed by atoms with Gasteiger partial charge in [-0.25, -0.2) is 4.39 Å². The molecule has 104 valence electrons. The fraction of sp³-hybridized carbons (Fsp3) is 0. The number of carbonyl (C=O) groups is 1. The van der Waals surface area contributed by atoms with Gasteiger partial charge < -0.3 is 11.1 Å². The molecule has 0 heterocycles. The van der Waals surface area contributed by atoms with E-state index in [1.54, 1.807) is 18.2 Å². The van der Waals surface area contributed by atoms with Gasteiger partial charge in [0.05, 0.1) is 15.6 Å². The number of anilines is 2. The van der Waals surface area contributed by atoms with Gasteiger partial charge in [0, 0.05) is 15.8 Å². The van der Waals surface area contributed by atoms with E-state index in [4.69, 9.17) is 28.9 Å². The van der Waals surface area contributed by atoms with Crippen LogP contribution in [0.4, 0.5) is 15.8 Å². The highest BCUT2D eigenvalue weighted by Crippen LogP contribution is 2.28. The first-order valence-electron chi connectivity index (χ1n) is 5.39. The number of halogens is 4. The molecule has 0 spiro atoms. The van der Waals surface area contributed by atoms with Crippen molar-refractivity contribution in [3.8, 4) is 0 Å². The lowest BCUT2D eigenvalue weighted by Crippen LogP contribution is -2.14. The molecule has 0 bridgehead atoms. The summed E-state index contributed by atoms with van der Waals surface area (Å²) in [6.07, 6.45) is 0. The maximum Gasteiger partial charge on any atom is 0.257 e. The largest absolute Gasteiger partial charge is 0.398 e. The molecule has 2 aromatic rings. The average molecular weight is 378 g/mol. The summed E-state index contributed by atoms with van der Waals surface area (Å²) < 4.78 is 14.0. The van der Waals surface area contributed by atoms with Gasteiger partial charge in [0.1, 0.15) is 0 Å². The summed E-state index contributed by atoms with van der Waals surface area (Å²) in [6, 6.07) is 7.45. The third-order valence-corrected chi connectivity index (χ3v) is 3.54. The molecule has 0 saturated carbocycles. The molecule has 0 atom stereocenters. The second-order valence-corrected chi connectivity index (χ2v) is 5.67. The minimum Gasteiger partial charge on any atom is -0.398 e. The van der Waals surface area contributed by atoms with E-state index in [-0.39, 0.29) is 21.3 Å². The summed E-state index contributed by atoms with van der Waals surface area (Å²) in [4.78, 5) is 12.1. The van der Waals surface area contributed by atoms with Crippen molar-refractivity contribution in [3.05, 3.63) is 56.2 Å². The molecule has 0 aliphatic carbocycles. The summed E-state index contributed by atoms with van der Waals surface area (Å²) >= 11 is 14.6. The van der Waals surface area contributed by atoms with Crippen molar-refractivity contribution in [2.24, 2.45) is 0 Å². The lowest BCUT2D eigenvalue weighted by molar-refractivity contribution is 0.102. The van der Waals surface area contributed by atoms with E-state index in [2.05, 4.69) is 21.2 Å². The third-order valence-electron chi connectivity index (χ3n) is 2.50. The molecular formula is C13H8BrCl2FN2O. The first-order valence-corrected chi connectivity index (χ1v) is 6.94. The molecule has 3 nitrogen and oxygen atoms in total. The molecule has 0 aromatic heterocycles. The first kappa shape index (κ1) is 15.1. The summed E-state index contributed by atoms with van der Waals surface area (Å²) in [7, 11) is 0. The highest BCUT2D eigenvalue weighted by molar-refractivity contribution is 9.10. The summed E-state index contributed by atoms with van der Waals surface area (Å²) in [5.74, 6) is -1.17. The highest BCUT2D eigenvalue weighted by Gasteiger charge is 2.13. The number of nitrogens with two attached hydrogens (primary N) is 1. The Morgan fingerprint density at radius 2 is 1.80 bits per heavy atom. The van der Waals surface area contributed by atoms with Crippen molar-refractivity contribution in [2.75, 3.05) is 11.1 Å². The minimum absolute atomic E-state index is 0.171. The topological polar surface area (TPSA) is 55.1 Å². The van der Waals surface area contributed by atoms with Gasteiger partial charge in [0.2, 0.25) is 0 Å². The summed E-state index contributed by atoms with van der Waals surface area (Å²) in [5.41, 5.74) is 6.63. The van der Waals surface area contributed by atoms with Crippen LogP contribution in [-0.4, -0.2) is 5.91 Å². The Morgan fingerprint density at radius 3 is 2.40 bits per heavy atom. The second kappa shape index (κ2) is 5.99. The lowest BCUT2D eigenvalue weighted by Gasteiger charge is -2.09. The van der Waals surface area contributed by atoms with Gasteiger partial charge in [-0.3, -0.25) is 4.79 Å². The van der Waals surface area contributed by atoms with Gasteiger partial charge >= 0.3 is 0 Å². The van der Waals surface area contributed by atoms with Crippen LogP contribution in [0.15, 0.2) is 34.8 Å². The van der Waals surface area contributed by atoms with E-state index in [0.29, 0.717) is 10.2 Å². The van der Waals surface area contributed by atoms with Crippen molar-refractivity contribution in [2.45, 2.75) is 0 Å². The average Bonchev–Trinajstić information content (AvgIpc) is 2.38. The lowest BCUT2D eigenvalue weighted by atomic mass is 10.1. The van der Waals surface area contributed by atoms with Crippen LogP contribution in [0, 0.1) is 5.82 Å². The minimum atomic E-state index is -0.728. The Kier molecular flexibility index (Phi) is 4.52. The van der Waals surface area contributed by atoms with E-state index in [9.17, 15) is 9.18 Å². The Hall–Kier alpha value is -1.30. The number of carbonyl (C=O) groups excluding carboxylic acids is 1. The number of hydrogen-bond donors (Lipinski definition) is 2.